The van der Waals surface area contributed by atoms with Crippen molar-refractivity contribution in [1.29, 1.82) is 0 Å². The van der Waals surface area contributed by atoms with Crippen LogP contribution in [-0.4, -0.2) is 21.2 Å². The van der Waals surface area contributed by atoms with Crippen LogP contribution in [0.2, 0.25) is 0 Å². The maximum absolute atomic E-state index is 10.4. The lowest BCUT2D eigenvalue weighted by Crippen LogP contribution is -2.02. The summed E-state index contributed by atoms with van der Waals surface area (Å²) in [4.78, 5) is 9.94. The lowest BCUT2D eigenvalue weighted by molar-refractivity contribution is -0.392. The van der Waals surface area contributed by atoms with Crippen LogP contribution in [-0.2, 0) is 6.54 Å². The van der Waals surface area contributed by atoms with Gasteiger partial charge in [-0.1, -0.05) is 0 Å². The van der Waals surface area contributed by atoms with E-state index in [-0.39, 0.29) is 12.4 Å². The Kier molecular flexibility index (Phi) is 2.82. The zero-order chi connectivity index (χ0) is 8.97. The van der Waals surface area contributed by atoms with Crippen molar-refractivity contribution in [3.05, 3.63) is 28.4 Å². The molecule has 0 aliphatic rings. The highest BCUT2D eigenvalue weighted by Gasteiger charge is 2.09. The molecule has 1 rings (SSSR count). The van der Waals surface area contributed by atoms with Gasteiger partial charge in [0, 0.05) is 19.1 Å². The smallest absolute Gasteiger partial charge is 0.323 e. The molecule has 1 N–H and O–H groups in total. The third-order valence-electron chi connectivity index (χ3n) is 1.55. The molecule has 1 heterocycles. The van der Waals surface area contributed by atoms with Gasteiger partial charge >= 0.3 is 5.82 Å². The van der Waals surface area contributed by atoms with Gasteiger partial charge in [-0.3, -0.25) is 0 Å². The van der Waals surface area contributed by atoms with E-state index >= 15 is 0 Å². The molecule has 0 fully saturated rings. The average molecular weight is 170 g/mol. The van der Waals surface area contributed by atoms with Crippen molar-refractivity contribution in [1.82, 2.24) is 4.57 Å². The fraction of sp³-hybridized carbons (Fsp3) is 0.429. The third kappa shape index (κ3) is 1.82. The Morgan fingerprint density at radius 2 is 2.42 bits per heavy atom. The van der Waals surface area contributed by atoms with E-state index in [9.17, 15) is 10.1 Å². The number of rotatable bonds is 4. The second-order valence-electron chi connectivity index (χ2n) is 2.39. The molecule has 0 spiro atoms. The summed E-state index contributed by atoms with van der Waals surface area (Å²) in [7, 11) is 0. The highest BCUT2D eigenvalue weighted by Crippen LogP contribution is 2.11. The SMILES string of the molecule is O=[N+]([O-])c1cccn1CCCO. The van der Waals surface area contributed by atoms with E-state index in [0.29, 0.717) is 13.0 Å². The Bertz CT molecular complexity index is 269. The van der Waals surface area contributed by atoms with Crippen LogP contribution in [0.1, 0.15) is 6.42 Å². The molecule has 0 saturated heterocycles. The van der Waals surface area contributed by atoms with Gasteiger partial charge in [0.15, 0.2) is 0 Å². The van der Waals surface area contributed by atoms with Crippen LogP contribution >= 0.6 is 0 Å². The molecule has 0 aliphatic heterocycles. The second-order valence-corrected chi connectivity index (χ2v) is 2.39. The van der Waals surface area contributed by atoms with Gasteiger partial charge in [-0.2, -0.15) is 0 Å². The first-order chi connectivity index (χ1) is 5.75. The number of aromatic nitrogens is 1. The number of aryl methyl sites for hydroxylation is 1. The van der Waals surface area contributed by atoms with E-state index in [1.807, 2.05) is 0 Å². The topological polar surface area (TPSA) is 68.3 Å². The molecule has 5 nitrogen and oxygen atoms in total. The average Bonchev–Trinajstić information content (AvgIpc) is 2.48. The normalized spacial score (nSPS) is 10.1. The van der Waals surface area contributed by atoms with E-state index in [0.717, 1.165) is 0 Å². The van der Waals surface area contributed by atoms with Crippen molar-refractivity contribution in [2.75, 3.05) is 6.61 Å². The lowest BCUT2D eigenvalue weighted by atomic mass is 10.4. The Morgan fingerprint density at radius 3 is 3.00 bits per heavy atom. The Hall–Kier alpha value is -1.36. The van der Waals surface area contributed by atoms with Gasteiger partial charge < -0.3 is 15.2 Å². The molecule has 0 aromatic carbocycles. The van der Waals surface area contributed by atoms with Crippen molar-refractivity contribution >= 4 is 5.82 Å². The molecule has 0 amide bonds. The summed E-state index contributed by atoms with van der Waals surface area (Å²) in [6.45, 7) is 0.537. The molecule has 12 heavy (non-hydrogen) atoms. The first-order valence-corrected chi connectivity index (χ1v) is 3.66. The summed E-state index contributed by atoms with van der Waals surface area (Å²) in [5, 5.41) is 18.9. The van der Waals surface area contributed by atoms with Crippen LogP contribution in [0, 0.1) is 10.1 Å². The summed E-state index contributed by atoms with van der Waals surface area (Å²) >= 11 is 0. The van der Waals surface area contributed by atoms with Crippen LogP contribution < -0.4 is 0 Å². The lowest BCUT2D eigenvalue weighted by Gasteiger charge is -1.98. The predicted octanol–water partition coefficient (Wildman–Crippen LogP) is 0.779. The highest BCUT2D eigenvalue weighted by molar-refractivity contribution is 5.20. The van der Waals surface area contributed by atoms with Gasteiger partial charge in [0.05, 0.1) is 12.7 Å². The molecule has 0 radical (unpaired) electrons. The fourth-order valence-electron chi connectivity index (χ4n) is 1.00. The van der Waals surface area contributed by atoms with Gasteiger partial charge in [-0.25, -0.2) is 4.57 Å². The van der Waals surface area contributed by atoms with Crippen LogP contribution in [0.25, 0.3) is 0 Å². The summed E-state index contributed by atoms with van der Waals surface area (Å²) in [6, 6.07) is 3.06. The Morgan fingerprint density at radius 1 is 1.67 bits per heavy atom. The molecular weight excluding hydrogens is 160 g/mol. The highest BCUT2D eigenvalue weighted by atomic mass is 16.6. The molecule has 0 atom stereocenters. The predicted molar refractivity (Wildman–Crippen MR) is 42.8 cm³/mol. The minimum atomic E-state index is -0.433. The second kappa shape index (κ2) is 3.87. The number of nitrogens with zero attached hydrogens (tertiary/aromatic N) is 2. The Labute approximate surface area is 69.4 Å². The number of aliphatic hydroxyl groups is 1. The molecule has 66 valence electrons. The molecule has 0 bridgehead atoms. The van der Waals surface area contributed by atoms with Crippen LogP contribution in [0.4, 0.5) is 5.82 Å². The Balaban J connectivity index is 2.70. The molecule has 1 aromatic heterocycles. The van der Waals surface area contributed by atoms with E-state index in [1.54, 1.807) is 12.3 Å². The summed E-state index contributed by atoms with van der Waals surface area (Å²) in [6.07, 6.45) is 2.17. The van der Waals surface area contributed by atoms with E-state index < -0.39 is 4.92 Å². The number of hydrogen-bond acceptors (Lipinski definition) is 3. The van der Waals surface area contributed by atoms with E-state index in [4.69, 9.17) is 5.11 Å². The van der Waals surface area contributed by atoms with Crippen molar-refractivity contribution in [2.45, 2.75) is 13.0 Å². The molecule has 0 unspecified atom stereocenters. The monoisotopic (exact) mass is 170 g/mol. The number of aliphatic hydroxyl groups excluding tert-OH is 1. The first-order valence-electron chi connectivity index (χ1n) is 3.66. The minimum absolute atomic E-state index is 0.0509. The van der Waals surface area contributed by atoms with Crippen LogP contribution in [0.3, 0.4) is 0 Å². The van der Waals surface area contributed by atoms with Crippen molar-refractivity contribution in [3.63, 3.8) is 0 Å². The quantitative estimate of drug-likeness (QED) is 0.536. The standard InChI is InChI=1S/C7H10N2O3/c10-6-2-5-8-4-1-3-7(8)9(11)12/h1,3-4,10H,2,5-6H2. The largest absolute Gasteiger partial charge is 0.396 e. The summed E-state index contributed by atoms with van der Waals surface area (Å²) < 4.78 is 1.51. The van der Waals surface area contributed by atoms with E-state index in [1.165, 1.54) is 10.6 Å². The minimum Gasteiger partial charge on any atom is -0.396 e. The maximum atomic E-state index is 10.4. The van der Waals surface area contributed by atoms with Gasteiger partial charge in [0.2, 0.25) is 0 Å². The van der Waals surface area contributed by atoms with Crippen molar-refractivity contribution < 1.29 is 10.0 Å². The molecular formula is C7H10N2O3. The van der Waals surface area contributed by atoms with Crippen molar-refractivity contribution in [2.24, 2.45) is 0 Å². The first kappa shape index (κ1) is 8.73. The number of nitro groups is 1. The van der Waals surface area contributed by atoms with Gasteiger partial charge in [0.25, 0.3) is 0 Å². The maximum Gasteiger partial charge on any atom is 0.323 e. The van der Waals surface area contributed by atoms with Gasteiger partial charge in [0.1, 0.15) is 0 Å². The van der Waals surface area contributed by atoms with Crippen molar-refractivity contribution in [3.8, 4) is 0 Å². The number of hydrogen-bond donors (Lipinski definition) is 1. The van der Waals surface area contributed by atoms with E-state index in [2.05, 4.69) is 0 Å². The molecule has 0 aliphatic carbocycles. The van der Waals surface area contributed by atoms with Crippen LogP contribution in [0.5, 0.6) is 0 Å². The molecule has 1 aromatic rings. The zero-order valence-electron chi connectivity index (χ0n) is 6.51. The van der Waals surface area contributed by atoms with Gasteiger partial charge in [-0.15, -0.1) is 0 Å². The fourth-order valence-corrected chi connectivity index (χ4v) is 1.00. The molecule has 0 saturated carbocycles. The molecule has 5 heteroatoms. The van der Waals surface area contributed by atoms with Gasteiger partial charge in [-0.05, 0) is 11.0 Å². The summed E-state index contributed by atoms with van der Waals surface area (Å²) in [5.41, 5.74) is 0. The summed E-state index contributed by atoms with van der Waals surface area (Å²) in [5.74, 6) is 0.0726. The van der Waals surface area contributed by atoms with Crippen LogP contribution in [0.15, 0.2) is 18.3 Å². The zero-order valence-corrected chi connectivity index (χ0v) is 6.51. The third-order valence-corrected chi connectivity index (χ3v) is 1.55.